The summed E-state index contributed by atoms with van der Waals surface area (Å²) in [4.78, 5) is 31.5. The van der Waals surface area contributed by atoms with Crippen molar-refractivity contribution in [1.82, 2.24) is 14.7 Å². The molecule has 166 valence electrons. The van der Waals surface area contributed by atoms with Crippen LogP contribution < -0.4 is 4.74 Å². The molecule has 0 bridgehead atoms. The number of hydrogen-bond donors (Lipinski definition) is 0. The van der Waals surface area contributed by atoms with Crippen molar-refractivity contribution >= 4 is 23.4 Å². The number of carbonyl (C=O) groups excluding carboxylic acids is 2. The molecular weight excluding hydrogens is 402 g/mol. The second-order valence-electron chi connectivity index (χ2n) is 8.82. The third-order valence-corrected chi connectivity index (χ3v) is 6.49. The molecule has 1 aromatic carbocycles. The van der Waals surface area contributed by atoms with Crippen LogP contribution in [-0.2, 0) is 16.1 Å². The standard InChI is InChI=1S/C23H34ClN3O3/c1-17-5-4-10-27(14-17)23(29)18-8-11-26(12-9-18)22(28)16-25(2)15-19-13-20(24)6-7-21(19)30-3/h6-7,13,17-18H,4-5,8-12,14-16H2,1-3H3. The Morgan fingerprint density at radius 2 is 1.90 bits per heavy atom. The molecule has 2 heterocycles. The quantitative estimate of drug-likeness (QED) is 0.688. The van der Waals surface area contributed by atoms with Crippen LogP contribution in [0.1, 0.15) is 38.2 Å². The van der Waals surface area contributed by atoms with Crippen molar-refractivity contribution in [3.63, 3.8) is 0 Å². The zero-order chi connectivity index (χ0) is 21.7. The van der Waals surface area contributed by atoms with Gasteiger partial charge in [0.25, 0.3) is 0 Å². The predicted molar refractivity (Wildman–Crippen MR) is 119 cm³/mol. The fourth-order valence-electron chi connectivity index (χ4n) is 4.57. The van der Waals surface area contributed by atoms with E-state index < -0.39 is 0 Å². The highest BCUT2D eigenvalue weighted by atomic mass is 35.5. The SMILES string of the molecule is COc1ccc(Cl)cc1CN(C)CC(=O)N1CCC(C(=O)N2CCCC(C)C2)CC1. The van der Waals surface area contributed by atoms with Crippen molar-refractivity contribution in [3.05, 3.63) is 28.8 Å². The number of amides is 2. The molecule has 2 aliphatic heterocycles. The van der Waals surface area contributed by atoms with Gasteiger partial charge < -0.3 is 14.5 Å². The monoisotopic (exact) mass is 435 g/mol. The Morgan fingerprint density at radius 1 is 1.17 bits per heavy atom. The Kier molecular flexibility index (Phi) is 8.00. The normalized spacial score (nSPS) is 20.5. The van der Waals surface area contributed by atoms with E-state index in [4.69, 9.17) is 16.3 Å². The van der Waals surface area contributed by atoms with E-state index in [1.807, 2.05) is 33.9 Å². The van der Waals surface area contributed by atoms with Gasteiger partial charge in [-0.1, -0.05) is 18.5 Å². The van der Waals surface area contributed by atoms with Crippen LogP contribution in [0.25, 0.3) is 0 Å². The van der Waals surface area contributed by atoms with Crippen LogP contribution in [0.3, 0.4) is 0 Å². The molecule has 0 N–H and O–H groups in total. The van der Waals surface area contributed by atoms with E-state index in [1.165, 1.54) is 6.42 Å². The van der Waals surface area contributed by atoms with E-state index in [1.54, 1.807) is 13.2 Å². The van der Waals surface area contributed by atoms with E-state index in [2.05, 4.69) is 6.92 Å². The molecule has 0 aliphatic carbocycles. The minimum Gasteiger partial charge on any atom is -0.496 e. The fraction of sp³-hybridized carbons (Fsp3) is 0.652. The lowest BCUT2D eigenvalue weighted by atomic mass is 9.92. The highest BCUT2D eigenvalue weighted by Crippen LogP contribution is 2.25. The lowest BCUT2D eigenvalue weighted by molar-refractivity contribution is -0.142. The van der Waals surface area contributed by atoms with Crippen LogP contribution in [0.5, 0.6) is 5.75 Å². The number of piperidine rings is 2. The van der Waals surface area contributed by atoms with Crippen molar-refractivity contribution in [3.8, 4) is 5.75 Å². The van der Waals surface area contributed by atoms with E-state index in [0.717, 1.165) is 43.7 Å². The fourth-order valence-corrected chi connectivity index (χ4v) is 4.77. The third-order valence-electron chi connectivity index (χ3n) is 6.25. The first-order valence-corrected chi connectivity index (χ1v) is 11.3. The molecule has 2 saturated heterocycles. The summed E-state index contributed by atoms with van der Waals surface area (Å²) >= 11 is 6.11. The number of methoxy groups -OCH3 is 1. The van der Waals surface area contributed by atoms with Gasteiger partial charge in [0.1, 0.15) is 5.75 Å². The summed E-state index contributed by atoms with van der Waals surface area (Å²) in [5, 5.41) is 0.653. The molecule has 7 heteroatoms. The van der Waals surface area contributed by atoms with Gasteiger partial charge in [-0.15, -0.1) is 0 Å². The molecular formula is C23H34ClN3O3. The number of ether oxygens (including phenoxy) is 1. The molecule has 2 aliphatic rings. The molecule has 1 atom stereocenters. The first kappa shape index (κ1) is 22.9. The Bertz CT molecular complexity index is 749. The lowest BCUT2D eigenvalue weighted by Crippen LogP contribution is -2.48. The Hall–Kier alpha value is -1.79. The molecule has 0 radical (unpaired) electrons. The summed E-state index contributed by atoms with van der Waals surface area (Å²) in [6.07, 6.45) is 3.85. The van der Waals surface area contributed by atoms with E-state index >= 15 is 0 Å². The number of carbonyl (C=O) groups is 2. The van der Waals surface area contributed by atoms with Gasteiger partial charge in [0, 0.05) is 49.2 Å². The highest BCUT2D eigenvalue weighted by molar-refractivity contribution is 6.30. The molecule has 0 aromatic heterocycles. The van der Waals surface area contributed by atoms with Crippen molar-refractivity contribution < 1.29 is 14.3 Å². The van der Waals surface area contributed by atoms with E-state index in [-0.39, 0.29) is 11.8 Å². The van der Waals surface area contributed by atoms with Crippen molar-refractivity contribution in [2.75, 3.05) is 46.9 Å². The number of rotatable bonds is 6. The van der Waals surface area contributed by atoms with Gasteiger partial charge >= 0.3 is 0 Å². The highest BCUT2D eigenvalue weighted by Gasteiger charge is 2.31. The largest absolute Gasteiger partial charge is 0.496 e. The van der Waals surface area contributed by atoms with Crippen molar-refractivity contribution in [2.24, 2.45) is 11.8 Å². The minimum absolute atomic E-state index is 0.0628. The van der Waals surface area contributed by atoms with Gasteiger partial charge in [-0.2, -0.15) is 0 Å². The van der Waals surface area contributed by atoms with Crippen LogP contribution in [-0.4, -0.2) is 73.4 Å². The molecule has 1 aromatic rings. The second kappa shape index (κ2) is 10.5. The van der Waals surface area contributed by atoms with E-state index in [9.17, 15) is 9.59 Å². The zero-order valence-corrected chi connectivity index (χ0v) is 19.2. The zero-order valence-electron chi connectivity index (χ0n) is 18.4. The first-order chi connectivity index (χ1) is 14.4. The molecule has 6 nitrogen and oxygen atoms in total. The summed E-state index contributed by atoms with van der Waals surface area (Å²) in [5.74, 6) is 1.82. The molecule has 30 heavy (non-hydrogen) atoms. The molecule has 2 fully saturated rings. The second-order valence-corrected chi connectivity index (χ2v) is 9.25. The maximum Gasteiger partial charge on any atom is 0.236 e. The van der Waals surface area contributed by atoms with Crippen LogP contribution in [0.4, 0.5) is 0 Å². The van der Waals surface area contributed by atoms with Gasteiger partial charge in [-0.05, 0) is 56.8 Å². The smallest absolute Gasteiger partial charge is 0.236 e. The van der Waals surface area contributed by atoms with Crippen LogP contribution >= 0.6 is 11.6 Å². The first-order valence-electron chi connectivity index (χ1n) is 10.9. The number of halogens is 1. The maximum absolute atomic E-state index is 12.8. The van der Waals surface area contributed by atoms with Gasteiger partial charge in [0.15, 0.2) is 0 Å². The van der Waals surface area contributed by atoms with Gasteiger partial charge in [-0.3, -0.25) is 14.5 Å². The van der Waals surface area contributed by atoms with Gasteiger partial charge in [-0.25, -0.2) is 0 Å². The minimum atomic E-state index is 0.0628. The number of nitrogens with zero attached hydrogens (tertiary/aromatic N) is 3. The molecule has 0 spiro atoms. The summed E-state index contributed by atoms with van der Waals surface area (Å²) < 4.78 is 5.40. The topological polar surface area (TPSA) is 53.1 Å². The summed E-state index contributed by atoms with van der Waals surface area (Å²) in [7, 11) is 3.56. The van der Waals surface area contributed by atoms with Gasteiger partial charge in [0.2, 0.25) is 11.8 Å². The maximum atomic E-state index is 12.8. The van der Waals surface area contributed by atoms with Crippen LogP contribution in [0.15, 0.2) is 18.2 Å². The molecule has 2 amide bonds. The number of benzene rings is 1. The summed E-state index contributed by atoms with van der Waals surface area (Å²) in [6, 6.07) is 5.52. The predicted octanol–water partition coefficient (Wildman–Crippen LogP) is 3.28. The molecule has 3 rings (SSSR count). The molecule has 1 unspecified atom stereocenters. The third kappa shape index (κ3) is 5.88. The summed E-state index contributed by atoms with van der Waals surface area (Å²) in [5.41, 5.74) is 0.959. The number of likely N-dealkylation sites (N-methyl/N-ethyl adjacent to an activating group) is 1. The van der Waals surface area contributed by atoms with Crippen LogP contribution in [0, 0.1) is 11.8 Å². The van der Waals surface area contributed by atoms with Crippen molar-refractivity contribution in [1.29, 1.82) is 0 Å². The Balaban J connectivity index is 1.47. The average Bonchev–Trinajstić information content (AvgIpc) is 2.73. The van der Waals surface area contributed by atoms with E-state index in [0.29, 0.717) is 43.0 Å². The average molecular weight is 436 g/mol. The molecule has 0 saturated carbocycles. The number of likely N-dealkylation sites (tertiary alicyclic amines) is 2. The lowest BCUT2D eigenvalue weighted by Gasteiger charge is -2.37. The Labute approximate surface area is 185 Å². The van der Waals surface area contributed by atoms with Gasteiger partial charge in [0.05, 0.1) is 13.7 Å². The van der Waals surface area contributed by atoms with Crippen molar-refractivity contribution in [2.45, 2.75) is 39.2 Å². The number of hydrogen-bond acceptors (Lipinski definition) is 4. The van der Waals surface area contributed by atoms with Crippen LogP contribution in [0.2, 0.25) is 5.02 Å². The summed E-state index contributed by atoms with van der Waals surface area (Å²) in [6.45, 7) is 6.22. The Morgan fingerprint density at radius 3 is 2.57 bits per heavy atom.